The van der Waals surface area contributed by atoms with Crippen LogP contribution in [0.5, 0.6) is 0 Å². The van der Waals surface area contributed by atoms with E-state index >= 15 is 0 Å². The van der Waals surface area contributed by atoms with E-state index in [4.69, 9.17) is 9.47 Å². The van der Waals surface area contributed by atoms with Crippen molar-refractivity contribution in [2.24, 2.45) is 11.3 Å². The van der Waals surface area contributed by atoms with Crippen molar-refractivity contribution < 1.29 is 19.1 Å². The average molecular weight is 431 g/mol. The van der Waals surface area contributed by atoms with Crippen molar-refractivity contribution in [3.05, 3.63) is 18.3 Å². The summed E-state index contributed by atoms with van der Waals surface area (Å²) < 4.78 is 10.6. The van der Waals surface area contributed by atoms with Gasteiger partial charge in [-0.1, -0.05) is 13.8 Å². The maximum Gasteiger partial charge on any atom is 0.411 e. The number of hydrogen-bond acceptors (Lipinski definition) is 6. The minimum atomic E-state index is -0.468. The highest BCUT2D eigenvalue weighted by Gasteiger charge is 2.50. The Labute approximate surface area is 184 Å². The fraction of sp³-hybridized carbons (Fsp3) is 0.696. The molecule has 8 heteroatoms. The van der Waals surface area contributed by atoms with Crippen molar-refractivity contribution >= 4 is 23.5 Å². The summed E-state index contributed by atoms with van der Waals surface area (Å²) in [4.78, 5) is 34.2. The Balaban J connectivity index is 1.37. The molecule has 170 valence electrons. The zero-order valence-electron chi connectivity index (χ0n) is 18.6. The molecule has 3 aliphatic heterocycles. The van der Waals surface area contributed by atoms with Crippen molar-refractivity contribution in [3.63, 3.8) is 0 Å². The molecule has 31 heavy (non-hydrogen) atoms. The number of carbonyl (C=O) groups is 2. The molecule has 0 saturated carbocycles. The predicted molar refractivity (Wildman–Crippen MR) is 118 cm³/mol. The van der Waals surface area contributed by atoms with Crippen LogP contribution in [0.1, 0.15) is 46.0 Å². The van der Waals surface area contributed by atoms with Crippen molar-refractivity contribution in [2.45, 2.75) is 52.0 Å². The number of anilines is 2. The van der Waals surface area contributed by atoms with E-state index in [-0.39, 0.29) is 5.41 Å². The zero-order valence-corrected chi connectivity index (χ0v) is 18.6. The van der Waals surface area contributed by atoms with Crippen LogP contribution in [0.15, 0.2) is 18.3 Å². The maximum atomic E-state index is 13.4. The summed E-state index contributed by atoms with van der Waals surface area (Å²) in [5.41, 5.74) is 0.308. The number of piperidine rings is 1. The summed E-state index contributed by atoms with van der Waals surface area (Å²) in [6.45, 7) is 8.33. The molecular formula is C23H34N4O4. The molecule has 0 unspecified atom stereocenters. The van der Waals surface area contributed by atoms with Gasteiger partial charge < -0.3 is 19.3 Å². The Kier molecular flexibility index (Phi) is 6.65. The molecular weight excluding hydrogens is 396 g/mol. The smallest absolute Gasteiger partial charge is 0.411 e. The van der Waals surface area contributed by atoms with E-state index in [2.05, 4.69) is 20.1 Å². The Bertz CT molecular complexity index is 778. The van der Waals surface area contributed by atoms with Crippen molar-refractivity contribution in [2.75, 3.05) is 49.7 Å². The van der Waals surface area contributed by atoms with Crippen LogP contribution in [-0.2, 0) is 14.3 Å². The van der Waals surface area contributed by atoms with Gasteiger partial charge in [-0.25, -0.2) is 9.78 Å². The maximum absolute atomic E-state index is 13.4. The topological polar surface area (TPSA) is 84.0 Å². The summed E-state index contributed by atoms with van der Waals surface area (Å²) in [7, 11) is 0. The van der Waals surface area contributed by atoms with Gasteiger partial charge in [0.15, 0.2) is 0 Å². The normalized spacial score (nSPS) is 24.8. The van der Waals surface area contributed by atoms with Gasteiger partial charge in [0.2, 0.25) is 5.91 Å². The van der Waals surface area contributed by atoms with E-state index in [0.717, 1.165) is 64.2 Å². The number of pyridine rings is 1. The van der Waals surface area contributed by atoms with Crippen LogP contribution in [0.4, 0.5) is 16.3 Å². The van der Waals surface area contributed by atoms with E-state index in [0.29, 0.717) is 36.7 Å². The number of nitrogens with one attached hydrogen (secondary N) is 1. The number of amides is 2. The number of aromatic nitrogens is 1. The fourth-order valence-corrected chi connectivity index (χ4v) is 4.94. The van der Waals surface area contributed by atoms with Crippen LogP contribution in [0.2, 0.25) is 0 Å². The standard InChI is InChI=1S/C23H34N4O4/c1-17(2)15-31-22(29)25-18-4-5-20(24-14-18)26-10-3-8-23(16-26)9-11-27(21(23)28)19-6-12-30-13-7-19/h4-5,14,17,19H,3,6-13,15-16H2,1-2H3,(H,25,29)/t23-/m1/s1. The second-order valence-corrected chi connectivity index (χ2v) is 9.42. The number of ether oxygens (including phenoxy) is 2. The molecule has 1 atom stereocenters. The number of likely N-dealkylation sites (tertiary alicyclic amines) is 1. The summed E-state index contributed by atoms with van der Waals surface area (Å²) in [6, 6.07) is 4.08. The summed E-state index contributed by atoms with van der Waals surface area (Å²) in [5, 5.41) is 2.71. The predicted octanol–water partition coefficient (Wildman–Crippen LogP) is 3.28. The Morgan fingerprint density at radius 2 is 2.10 bits per heavy atom. The van der Waals surface area contributed by atoms with Gasteiger partial charge in [0.1, 0.15) is 5.82 Å². The quantitative estimate of drug-likeness (QED) is 0.772. The molecule has 1 N–H and O–H groups in total. The number of nitrogens with zero attached hydrogens (tertiary/aromatic N) is 3. The molecule has 3 aliphatic rings. The minimum absolute atomic E-state index is 0.290. The highest BCUT2D eigenvalue weighted by atomic mass is 16.5. The van der Waals surface area contributed by atoms with Crippen molar-refractivity contribution in [3.8, 4) is 0 Å². The van der Waals surface area contributed by atoms with E-state index < -0.39 is 6.09 Å². The molecule has 1 aromatic heterocycles. The van der Waals surface area contributed by atoms with E-state index in [1.165, 1.54) is 0 Å². The van der Waals surface area contributed by atoms with Crippen LogP contribution < -0.4 is 10.2 Å². The van der Waals surface area contributed by atoms with Gasteiger partial charge >= 0.3 is 6.09 Å². The number of rotatable bonds is 5. The molecule has 8 nitrogen and oxygen atoms in total. The molecule has 4 rings (SSSR count). The molecule has 0 bridgehead atoms. The lowest BCUT2D eigenvalue weighted by molar-refractivity contribution is -0.139. The van der Waals surface area contributed by atoms with Gasteiger partial charge in [-0.2, -0.15) is 0 Å². The van der Waals surface area contributed by atoms with Gasteiger partial charge in [0.25, 0.3) is 0 Å². The third kappa shape index (κ3) is 4.95. The molecule has 0 aromatic carbocycles. The second-order valence-electron chi connectivity index (χ2n) is 9.42. The molecule has 3 fully saturated rings. The largest absolute Gasteiger partial charge is 0.449 e. The second kappa shape index (κ2) is 9.42. The third-order valence-corrected chi connectivity index (χ3v) is 6.62. The first kappa shape index (κ1) is 21.9. The zero-order chi connectivity index (χ0) is 21.8. The van der Waals surface area contributed by atoms with E-state index in [9.17, 15) is 9.59 Å². The van der Waals surface area contributed by atoms with Gasteiger partial charge in [-0.3, -0.25) is 10.1 Å². The molecule has 1 aromatic rings. The highest BCUT2D eigenvalue weighted by Crippen LogP contribution is 2.42. The summed E-state index contributed by atoms with van der Waals surface area (Å²) in [5.74, 6) is 1.45. The lowest BCUT2D eigenvalue weighted by Crippen LogP contribution is -2.50. The number of hydrogen-bond donors (Lipinski definition) is 1. The monoisotopic (exact) mass is 430 g/mol. The van der Waals surface area contributed by atoms with Crippen molar-refractivity contribution in [1.29, 1.82) is 0 Å². The van der Waals surface area contributed by atoms with Gasteiger partial charge in [-0.05, 0) is 50.2 Å². The lowest BCUT2D eigenvalue weighted by Gasteiger charge is -2.40. The Morgan fingerprint density at radius 3 is 2.81 bits per heavy atom. The van der Waals surface area contributed by atoms with Crippen LogP contribution in [0, 0.1) is 11.3 Å². The average Bonchev–Trinajstić information content (AvgIpc) is 3.09. The van der Waals surface area contributed by atoms with Crippen LogP contribution in [0.3, 0.4) is 0 Å². The lowest BCUT2D eigenvalue weighted by atomic mass is 9.78. The molecule has 3 saturated heterocycles. The molecule has 0 aliphatic carbocycles. The first-order chi connectivity index (χ1) is 15.0. The first-order valence-electron chi connectivity index (χ1n) is 11.5. The van der Waals surface area contributed by atoms with Gasteiger partial charge in [0.05, 0.1) is 23.9 Å². The Morgan fingerprint density at radius 1 is 1.29 bits per heavy atom. The van der Waals surface area contributed by atoms with Crippen LogP contribution in [0.25, 0.3) is 0 Å². The first-order valence-corrected chi connectivity index (χ1v) is 11.5. The van der Waals surface area contributed by atoms with Crippen LogP contribution in [-0.4, -0.2) is 67.4 Å². The van der Waals surface area contributed by atoms with Gasteiger partial charge in [-0.15, -0.1) is 0 Å². The summed E-state index contributed by atoms with van der Waals surface area (Å²) in [6.07, 6.45) is 5.92. The fourth-order valence-electron chi connectivity index (χ4n) is 4.94. The summed E-state index contributed by atoms with van der Waals surface area (Å²) >= 11 is 0. The molecule has 2 amide bonds. The molecule has 0 radical (unpaired) electrons. The van der Waals surface area contributed by atoms with Crippen molar-refractivity contribution in [1.82, 2.24) is 9.88 Å². The van der Waals surface area contributed by atoms with E-state index in [1.54, 1.807) is 6.20 Å². The highest BCUT2D eigenvalue weighted by molar-refractivity contribution is 5.86. The Hall–Kier alpha value is -2.35. The minimum Gasteiger partial charge on any atom is -0.449 e. The van der Waals surface area contributed by atoms with E-state index in [1.807, 2.05) is 26.0 Å². The van der Waals surface area contributed by atoms with Crippen LogP contribution >= 0.6 is 0 Å². The SMILES string of the molecule is CC(C)COC(=O)Nc1ccc(N2CCC[C@@]3(CCN(C4CCOCC4)C3=O)C2)nc1. The van der Waals surface area contributed by atoms with Gasteiger partial charge in [0, 0.05) is 38.9 Å². The molecule has 4 heterocycles. The number of carbonyl (C=O) groups excluding carboxylic acids is 2. The third-order valence-electron chi connectivity index (χ3n) is 6.62. The molecule has 1 spiro atoms.